The van der Waals surface area contributed by atoms with Crippen molar-refractivity contribution in [2.45, 2.75) is 26.2 Å². The third-order valence-electron chi connectivity index (χ3n) is 5.48. The number of ether oxygens (including phenoxy) is 2. The van der Waals surface area contributed by atoms with E-state index >= 15 is 0 Å². The molecular weight excluding hydrogens is 384 g/mol. The first kappa shape index (κ1) is 21.5. The third-order valence-corrected chi connectivity index (χ3v) is 5.48. The molecule has 7 nitrogen and oxygen atoms in total. The fraction of sp³-hybridized carbons (Fsp3) is 0.391. The fourth-order valence-electron chi connectivity index (χ4n) is 3.68. The van der Waals surface area contributed by atoms with Gasteiger partial charge in [0.1, 0.15) is 17.2 Å². The number of anilines is 1. The van der Waals surface area contributed by atoms with Gasteiger partial charge in [0.25, 0.3) is 11.8 Å². The average Bonchev–Trinajstić information content (AvgIpc) is 2.79. The van der Waals surface area contributed by atoms with E-state index in [1.807, 2.05) is 0 Å². The number of piperidine rings is 1. The van der Waals surface area contributed by atoms with E-state index in [4.69, 9.17) is 9.47 Å². The summed E-state index contributed by atoms with van der Waals surface area (Å²) in [7, 11) is 3.02. The predicted molar refractivity (Wildman–Crippen MR) is 115 cm³/mol. The Balaban J connectivity index is 1.80. The summed E-state index contributed by atoms with van der Waals surface area (Å²) in [4.78, 5) is 27.5. The van der Waals surface area contributed by atoms with Crippen LogP contribution in [-0.2, 0) is 0 Å². The number of likely N-dealkylation sites (tertiary alicyclic amines) is 1. The molecule has 2 amide bonds. The molecule has 30 heavy (non-hydrogen) atoms. The minimum atomic E-state index is -0.375. The molecule has 2 N–H and O–H groups in total. The molecule has 1 fully saturated rings. The molecule has 0 aliphatic carbocycles. The van der Waals surface area contributed by atoms with E-state index in [0.717, 1.165) is 19.3 Å². The largest absolute Gasteiger partial charge is 0.507 e. The Morgan fingerprint density at radius 3 is 2.47 bits per heavy atom. The van der Waals surface area contributed by atoms with Crippen molar-refractivity contribution in [3.8, 4) is 17.2 Å². The summed E-state index contributed by atoms with van der Waals surface area (Å²) in [5.74, 6) is 0.786. The normalized spacial score (nSPS) is 16.1. The highest BCUT2D eigenvalue weighted by atomic mass is 16.5. The van der Waals surface area contributed by atoms with Gasteiger partial charge in [0.15, 0.2) is 0 Å². The van der Waals surface area contributed by atoms with Crippen molar-refractivity contribution in [3.63, 3.8) is 0 Å². The van der Waals surface area contributed by atoms with Crippen molar-refractivity contribution in [2.75, 3.05) is 32.6 Å². The summed E-state index contributed by atoms with van der Waals surface area (Å²) in [6.07, 6.45) is 3.10. The van der Waals surface area contributed by atoms with Gasteiger partial charge in [-0.1, -0.05) is 13.3 Å². The van der Waals surface area contributed by atoms with Crippen LogP contribution in [0.3, 0.4) is 0 Å². The first-order chi connectivity index (χ1) is 14.4. The molecule has 0 radical (unpaired) electrons. The lowest BCUT2D eigenvalue weighted by Crippen LogP contribution is -2.39. The number of phenolic OH excluding ortho intramolecular Hbond substituents is 1. The van der Waals surface area contributed by atoms with Gasteiger partial charge in [-0.2, -0.15) is 0 Å². The summed E-state index contributed by atoms with van der Waals surface area (Å²) in [6, 6.07) is 9.38. The summed E-state index contributed by atoms with van der Waals surface area (Å²) in [6.45, 7) is 3.49. The third kappa shape index (κ3) is 4.84. The van der Waals surface area contributed by atoms with E-state index in [1.165, 1.54) is 26.4 Å². The molecule has 7 heteroatoms. The van der Waals surface area contributed by atoms with Crippen LogP contribution in [0.2, 0.25) is 0 Å². The first-order valence-electron chi connectivity index (χ1n) is 10.1. The van der Waals surface area contributed by atoms with E-state index in [2.05, 4.69) is 12.2 Å². The molecule has 3 rings (SSSR count). The molecule has 1 aliphatic heterocycles. The van der Waals surface area contributed by atoms with Crippen molar-refractivity contribution in [3.05, 3.63) is 47.5 Å². The Kier molecular flexibility index (Phi) is 6.82. The zero-order valence-corrected chi connectivity index (χ0v) is 17.6. The van der Waals surface area contributed by atoms with E-state index in [-0.39, 0.29) is 23.1 Å². The number of carbonyl (C=O) groups is 2. The van der Waals surface area contributed by atoms with Crippen LogP contribution in [0.25, 0.3) is 0 Å². The molecule has 0 aromatic heterocycles. The van der Waals surface area contributed by atoms with Crippen LogP contribution < -0.4 is 14.8 Å². The number of nitrogens with zero attached hydrogens (tertiary/aromatic N) is 1. The number of nitrogens with one attached hydrogen (secondary N) is 1. The maximum atomic E-state index is 13.0. The van der Waals surface area contributed by atoms with Crippen LogP contribution in [0.1, 0.15) is 46.9 Å². The molecular formula is C23H28N2O5. The minimum absolute atomic E-state index is 0.0975. The van der Waals surface area contributed by atoms with Gasteiger partial charge in [0.2, 0.25) is 0 Å². The fourth-order valence-corrected chi connectivity index (χ4v) is 3.68. The van der Waals surface area contributed by atoms with Crippen LogP contribution in [-0.4, -0.2) is 49.1 Å². The smallest absolute Gasteiger partial charge is 0.257 e. The Hall–Kier alpha value is -3.22. The molecule has 1 aliphatic rings. The van der Waals surface area contributed by atoms with Crippen LogP contribution in [0.4, 0.5) is 5.69 Å². The average molecular weight is 412 g/mol. The Bertz CT molecular complexity index is 906. The zero-order chi connectivity index (χ0) is 21.7. The number of rotatable bonds is 6. The summed E-state index contributed by atoms with van der Waals surface area (Å²) in [5, 5.41) is 13.0. The predicted octanol–water partition coefficient (Wildman–Crippen LogP) is 3.92. The second kappa shape index (κ2) is 9.52. The minimum Gasteiger partial charge on any atom is -0.507 e. The zero-order valence-electron chi connectivity index (χ0n) is 17.6. The van der Waals surface area contributed by atoms with Gasteiger partial charge in [0, 0.05) is 30.4 Å². The summed E-state index contributed by atoms with van der Waals surface area (Å²) in [5.41, 5.74) is 0.966. The highest BCUT2D eigenvalue weighted by Gasteiger charge is 2.25. The molecule has 1 unspecified atom stereocenters. The number of amides is 2. The first-order valence-corrected chi connectivity index (χ1v) is 10.1. The Morgan fingerprint density at radius 2 is 1.83 bits per heavy atom. The van der Waals surface area contributed by atoms with Crippen LogP contribution in [0.15, 0.2) is 36.4 Å². The van der Waals surface area contributed by atoms with Crippen LogP contribution in [0, 0.1) is 5.92 Å². The summed E-state index contributed by atoms with van der Waals surface area (Å²) >= 11 is 0. The number of hydrogen-bond donors (Lipinski definition) is 2. The van der Waals surface area contributed by atoms with Gasteiger partial charge in [-0.3, -0.25) is 9.59 Å². The van der Waals surface area contributed by atoms with Gasteiger partial charge >= 0.3 is 0 Å². The van der Waals surface area contributed by atoms with Gasteiger partial charge in [-0.25, -0.2) is 0 Å². The van der Waals surface area contributed by atoms with Gasteiger partial charge in [-0.15, -0.1) is 0 Å². The lowest BCUT2D eigenvalue weighted by molar-refractivity contribution is 0.0668. The van der Waals surface area contributed by atoms with E-state index in [9.17, 15) is 14.7 Å². The monoisotopic (exact) mass is 412 g/mol. The van der Waals surface area contributed by atoms with Crippen molar-refractivity contribution >= 4 is 17.5 Å². The molecule has 0 bridgehead atoms. The maximum absolute atomic E-state index is 13.0. The SMILES string of the molecule is CCC1CCCN(C(=O)c2cc(NC(=O)c3cc(OC)cc(OC)c3)ccc2O)C1. The molecule has 1 saturated heterocycles. The molecule has 2 aromatic carbocycles. The number of hydrogen-bond acceptors (Lipinski definition) is 5. The van der Waals surface area contributed by atoms with Crippen molar-refractivity contribution < 1.29 is 24.2 Å². The number of phenols is 1. The lowest BCUT2D eigenvalue weighted by Gasteiger charge is -2.32. The molecule has 160 valence electrons. The van der Waals surface area contributed by atoms with Crippen LogP contribution >= 0.6 is 0 Å². The van der Waals surface area contributed by atoms with E-state index < -0.39 is 0 Å². The summed E-state index contributed by atoms with van der Waals surface area (Å²) < 4.78 is 10.4. The highest BCUT2D eigenvalue weighted by Crippen LogP contribution is 2.28. The standard InChI is InChI=1S/C23H28N2O5/c1-4-15-6-5-9-25(14-15)23(28)20-12-17(7-8-21(20)26)24-22(27)16-10-18(29-2)13-19(11-16)30-3/h7-8,10-13,15,26H,4-6,9,14H2,1-3H3,(H,24,27). The maximum Gasteiger partial charge on any atom is 0.257 e. The second-order valence-corrected chi connectivity index (χ2v) is 7.46. The Labute approximate surface area is 176 Å². The highest BCUT2D eigenvalue weighted by molar-refractivity contribution is 6.06. The number of carbonyl (C=O) groups excluding carboxylic acids is 2. The topological polar surface area (TPSA) is 88.1 Å². The van der Waals surface area contributed by atoms with Gasteiger partial charge in [-0.05, 0) is 49.1 Å². The van der Waals surface area contributed by atoms with Crippen molar-refractivity contribution in [2.24, 2.45) is 5.92 Å². The van der Waals surface area contributed by atoms with Crippen LogP contribution in [0.5, 0.6) is 17.2 Å². The number of benzene rings is 2. The van der Waals surface area contributed by atoms with Gasteiger partial charge < -0.3 is 24.8 Å². The molecule has 1 heterocycles. The van der Waals surface area contributed by atoms with Gasteiger partial charge in [0.05, 0.1) is 19.8 Å². The quantitative estimate of drug-likeness (QED) is 0.702. The Morgan fingerprint density at radius 1 is 1.13 bits per heavy atom. The van der Waals surface area contributed by atoms with Crippen molar-refractivity contribution in [1.82, 2.24) is 4.90 Å². The molecule has 2 aromatic rings. The van der Waals surface area contributed by atoms with Crippen molar-refractivity contribution in [1.29, 1.82) is 0 Å². The second-order valence-electron chi connectivity index (χ2n) is 7.46. The molecule has 0 saturated carbocycles. The number of methoxy groups -OCH3 is 2. The molecule has 0 spiro atoms. The van der Waals surface area contributed by atoms with E-state index in [0.29, 0.717) is 41.8 Å². The molecule has 1 atom stereocenters. The number of aromatic hydroxyl groups is 1. The lowest BCUT2D eigenvalue weighted by atomic mass is 9.95. The van der Waals surface area contributed by atoms with E-state index in [1.54, 1.807) is 29.2 Å².